The lowest BCUT2D eigenvalue weighted by atomic mass is 10.3. The molecule has 0 spiro atoms. The Balaban J connectivity index is 2.77. The number of aromatic nitrogens is 1. The Bertz CT molecular complexity index is 454. The van der Waals surface area contributed by atoms with Gasteiger partial charge in [-0.25, -0.2) is 4.79 Å². The van der Waals surface area contributed by atoms with Gasteiger partial charge in [-0.3, -0.25) is 4.79 Å². The highest BCUT2D eigenvalue weighted by atomic mass is 16.4. The van der Waals surface area contributed by atoms with Crippen molar-refractivity contribution in [2.75, 3.05) is 5.32 Å². The van der Waals surface area contributed by atoms with Crippen molar-refractivity contribution in [2.24, 2.45) is 0 Å². The number of carboxylic acid groups (broad SMARTS) is 1. The van der Waals surface area contributed by atoms with Crippen LogP contribution in [0.1, 0.15) is 29.0 Å². The number of aromatic carboxylic acids is 1. The molecule has 0 unspecified atom stereocenters. The predicted octanol–water partition coefficient (Wildman–Crippen LogP) is 1.37. The number of anilines is 1. The van der Waals surface area contributed by atoms with Crippen LogP contribution in [0.5, 0.6) is 0 Å². The summed E-state index contributed by atoms with van der Waals surface area (Å²) in [5, 5.41) is 11.4. The van der Waals surface area contributed by atoms with Crippen LogP contribution in [0.3, 0.4) is 0 Å². The lowest BCUT2D eigenvalue weighted by Gasteiger charge is -2.02. The van der Waals surface area contributed by atoms with Crippen LogP contribution in [0.25, 0.3) is 0 Å². The number of amides is 1. The van der Waals surface area contributed by atoms with Crippen molar-refractivity contribution < 1.29 is 14.7 Å². The van der Waals surface area contributed by atoms with Gasteiger partial charge in [0.2, 0.25) is 5.91 Å². The van der Waals surface area contributed by atoms with Crippen molar-refractivity contribution >= 4 is 17.6 Å². The molecule has 0 aliphatic carbocycles. The summed E-state index contributed by atoms with van der Waals surface area (Å²) in [5.74, 6) is 0.939. The van der Waals surface area contributed by atoms with Gasteiger partial charge in [0.1, 0.15) is 5.69 Å². The molecule has 0 aromatic carbocycles. The molecule has 3 N–H and O–H groups in total. The van der Waals surface area contributed by atoms with Crippen molar-refractivity contribution in [1.29, 1.82) is 0 Å². The van der Waals surface area contributed by atoms with E-state index in [4.69, 9.17) is 11.5 Å². The van der Waals surface area contributed by atoms with Crippen LogP contribution >= 0.6 is 0 Å². The maximum Gasteiger partial charge on any atom is 0.354 e. The minimum absolute atomic E-state index is 0.0217. The van der Waals surface area contributed by atoms with E-state index in [-0.39, 0.29) is 23.7 Å². The fourth-order valence-electron chi connectivity index (χ4n) is 1.25. The average molecular weight is 220 g/mol. The molecule has 0 aliphatic heterocycles. The molecule has 0 aliphatic rings. The van der Waals surface area contributed by atoms with Gasteiger partial charge in [-0.1, -0.05) is 0 Å². The molecule has 1 heterocycles. The van der Waals surface area contributed by atoms with Crippen molar-refractivity contribution in [1.82, 2.24) is 4.98 Å². The molecule has 1 rings (SSSR count). The fourth-order valence-corrected chi connectivity index (χ4v) is 1.25. The van der Waals surface area contributed by atoms with Gasteiger partial charge >= 0.3 is 5.97 Å². The molecular weight excluding hydrogens is 208 g/mol. The van der Waals surface area contributed by atoms with Crippen LogP contribution in [0.15, 0.2) is 6.07 Å². The van der Waals surface area contributed by atoms with E-state index in [1.54, 1.807) is 13.0 Å². The van der Waals surface area contributed by atoms with Gasteiger partial charge in [0, 0.05) is 18.5 Å². The van der Waals surface area contributed by atoms with Crippen LogP contribution < -0.4 is 5.32 Å². The van der Waals surface area contributed by atoms with E-state index in [2.05, 4.69) is 16.2 Å². The molecule has 0 saturated carbocycles. The Hall–Kier alpha value is -2.22. The van der Waals surface area contributed by atoms with Gasteiger partial charge in [-0.05, 0) is 13.0 Å². The molecule has 5 heteroatoms. The average Bonchev–Trinajstić information content (AvgIpc) is 2.56. The second-order valence-electron chi connectivity index (χ2n) is 3.30. The van der Waals surface area contributed by atoms with Crippen molar-refractivity contribution in [3.63, 3.8) is 0 Å². The predicted molar refractivity (Wildman–Crippen MR) is 59.2 cm³/mol. The molecule has 1 amide bonds. The fraction of sp³-hybridized carbons (Fsp3) is 0.273. The van der Waals surface area contributed by atoms with Gasteiger partial charge in [-0.15, -0.1) is 12.3 Å². The highest BCUT2D eigenvalue weighted by molar-refractivity contribution is 5.99. The van der Waals surface area contributed by atoms with Gasteiger partial charge in [-0.2, -0.15) is 0 Å². The number of carbonyl (C=O) groups excluding carboxylic acids is 1. The zero-order chi connectivity index (χ0) is 12.1. The lowest BCUT2D eigenvalue weighted by molar-refractivity contribution is -0.116. The zero-order valence-electron chi connectivity index (χ0n) is 8.83. The highest BCUT2D eigenvalue weighted by Gasteiger charge is 2.14. The molecule has 0 saturated heterocycles. The first-order valence-corrected chi connectivity index (χ1v) is 4.70. The van der Waals surface area contributed by atoms with Gasteiger partial charge < -0.3 is 15.4 Å². The summed E-state index contributed by atoms with van der Waals surface area (Å²) in [5.41, 5.74) is 0.920. The van der Waals surface area contributed by atoms with Crippen molar-refractivity contribution in [2.45, 2.75) is 19.8 Å². The standard InChI is InChI=1S/C11H12N2O3/c1-3-4-5-9(14)13-8-6-7(2)12-10(8)11(15)16/h1,6,12H,4-5H2,2H3,(H,13,14)(H,15,16). The molecule has 0 radical (unpaired) electrons. The van der Waals surface area contributed by atoms with Gasteiger partial charge in [0.25, 0.3) is 0 Å². The Morgan fingerprint density at radius 2 is 2.31 bits per heavy atom. The smallest absolute Gasteiger partial charge is 0.354 e. The summed E-state index contributed by atoms with van der Waals surface area (Å²) in [6, 6.07) is 1.57. The number of nitrogens with one attached hydrogen (secondary N) is 2. The summed E-state index contributed by atoms with van der Waals surface area (Å²) in [7, 11) is 0. The molecule has 16 heavy (non-hydrogen) atoms. The maximum atomic E-state index is 11.3. The van der Waals surface area contributed by atoms with Crippen molar-refractivity contribution in [3.8, 4) is 12.3 Å². The van der Waals surface area contributed by atoms with E-state index in [1.165, 1.54) is 0 Å². The number of hydrogen-bond acceptors (Lipinski definition) is 2. The zero-order valence-corrected chi connectivity index (χ0v) is 8.83. The van der Waals surface area contributed by atoms with Crippen LogP contribution in [0, 0.1) is 19.3 Å². The molecule has 1 aromatic heterocycles. The van der Waals surface area contributed by atoms with Crippen LogP contribution in [-0.4, -0.2) is 22.0 Å². The minimum Gasteiger partial charge on any atom is -0.477 e. The third kappa shape index (κ3) is 2.89. The Kier molecular flexibility index (Phi) is 3.72. The Labute approximate surface area is 92.9 Å². The van der Waals surface area contributed by atoms with E-state index in [9.17, 15) is 9.59 Å². The second kappa shape index (κ2) is 5.03. The van der Waals surface area contributed by atoms with E-state index in [0.29, 0.717) is 12.1 Å². The SMILES string of the molecule is C#CCCC(=O)Nc1cc(C)[nH]c1C(=O)O. The Morgan fingerprint density at radius 1 is 1.62 bits per heavy atom. The third-order valence-electron chi connectivity index (χ3n) is 1.94. The number of carboxylic acids is 1. The van der Waals surface area contributed by atoms with Crippen LogP contribution in [-0.2, 0) is 4.79 Å². The van der Waals surface area contributed by atoms with Gasteiger partial charge in [0.05, 0.1) is 5.69 Å². The first-order chi connectivity index (χ1) is 7.54. The number of rotatable bonds is 4. The summed E-state index contributed by atoms with van der Waals surface area (Å²) >= 11 is 0. The van der Waals surface area contributed by atoms with E-state index < -0.39 is 5.97 Å². The highest BCUT2D eigenvalue weighted by Crippen LogP contribution is 2.17. The molecule has 0 atom stereocenters. The third-order valence-corrected chi connectivity index (χ3v) is 1.94. The number of aromatic amines is 1. The number of terminal acetylenes is 1. The molecule has 1 aromatic rings. The van der Waals surface area contributed by atoms with Crippen LogP contribution in [0.2, 0.25) is 0 Å². The summed E-state index contributed by atoms with van der Waals surface area (Å²) in [6.45, 7) is 1.71. The quantitative estimate of drug-likeness (QED) is 0.670. The lowest BCUT2D eigenvalue weighted by Crippen LogP contribution is -2.13. The molecule has 0 bridgehead atoms. The Morgan fingerprint density at radius 3 is 2.88 bits per heavy atom. The number of hydrogen-bond donors (Lipinski definition) is 3. The summed E-state index contributed by atoms with van der Waals surface area (Å²) < 4.78 is 0. The number of aryl methyl sites for hydroxylation is 1. The number of carbonyl (C=O) groups is 2. The van der Waals surface area contributed by atoms with E-state index >= 15 is 0 Å². The topological polar surface area (TPSA) is 82.2 Å². The summed E-state index contributed by atoms with van der Waals surface area (Å²) in [4.78, 5) is 24.8. The minimum atomic E-state index is -1.11. The van der Waals surface area contributed by atoms with Crippen molar-refractivity contribution in [3.05, 3.63) is 17.5 Å². The second-order valence-corrected chi connectivity index (χ2v) is 3.30. The molecule has 0 fully saturated rings. The largest absolute Gasteiger partial charge is 0.477 e. The monoisotopic (exact) mass is 220 g/mol. The first kappa shape index (κ1) is 11.9. The molecule has 84 valence electrons. The number of H-pyrrole nitrogens is 1. The van der Waals surface area contributed by atoms with E-state index in [0.717, 1.165) is 0 Å². The van der Waals surface area contributed by atoms with Crippen LogP contribution in [0.4, 0.5) is 5.69 Å². The van der Waals surface area contributed by atoms with E-state index in [1.807, 2.05) is 0 Å². The molecule has 5 nitrogen and oxygen atoms in total. The molecular formula is C11H12N2O3. The first-order valence-electron chi connectivity index (χ1n) is 4.70. The van der Waals surface area contributed by atoms with Gasteiger partial charge in [0.15, 0.2) is 0 Å². The maximum absolute atomic E-state index is 11.3. The summed E-state index contributed by atoms with van der Waals surface area (Å²) in [6.07, 6.45) is 5.53. The normalized spacial score (nSPS) is 9.50.